The molecule has 0 spiro atoms. The molecule has 0 saturated heterocycles. The van der Waals surface area contributed by atoms with Gasteiger partial charge in [-0.2, -0.15) is 0 Å². The lowest BCUT2D eigenvalue weighted by Crippen LogP contribution is -2.23. The van der Waals surface area contributed by atoms with Crippen molar-refractivity contribution in [3.05, 3.63) is 12.2 Å². The van der Waals surface area contributed by atoms with Crippen LogP contribution in [0.1, 0.15) is 13.3 Å². The van der Waals surface area contributed by atoms with Gasteiger partial charge in [-0.25, -0.2) is 0 Å². The third kappa shape index (κ3) is 7.95. The first-order valence-corrected chi connectivity index (χ1v) is 4.99. The van der Waals surface area contributed by atoms with Gasteiger partial charge >= 0.3 is 0 Å². The number of likely N-dealkylation sites (N-methyl/N-ethyl adjacent to an activating group) is 1. The monoisotopic (exact) mass is 198 g/mol. The number of hydrogen-bond acceptors (Lipinski definition) is 3. The van der Waals surface area contributed by atoms with Gasteiger partial charge in [0.05, 0.1) is 6.10 Å². The molecule has 0 saturated carbocycles. The number of ether oxygens (including phenoxy) is 1. The van der Waals surface area contributed by atoms with Gasteiger partial charge in [0.15, 0.2) is 0 Å². The van der Waals surface area contributed by atoms with E-state index in [1.807, 2.05) is 6.08 Å². The molecule has 3 nitrogen and oxygen atoms in total. The fraction of sp³-hybridized carbons (Fsp3) is 0.727. The van der Waals surface area contributed by atoms with E-state index in [4.69, 9.17) is 4.74 Å². The molecule has 0 rings (SSSR count). The molecular weight excluding hydrogens is 176 g/mol. The average Bonchev–Trinajstić information content (AvgIpc) is 2.21. The number of allylic oxidation sites excluding steroid dienone is 1. The standard InChI is InChI=1S/C11H22N2O/c1-11(14-4)7-10-13(3)9-6-5-8-12-2/h5-6,8,11H,7,9-10H2,1-4H3/b6-5+,12-8-. The Balaban J connectivity index is 3.50. The van der Waals surface area contributed by atoms with Crippen LogP contribution >= 0.6 is 0 Å². The summed E-state index contributed by atoms with van der Waals surface area (Å²) in [5.41, 5.74) is 0. The van der Waals surface area contributed by atoms with Gasteiger partial charge < -0.3 is 9.64 Å². The molecule has 0 aromatic heterocycles. The van der Waals surface area contributed by atoms with Crippen molar-refractivity contribution in [3.8, 4) is 0 Å². The van der Waals surface area contributed by atoms with Crippen molar-refractivity contribution >= 4 is 6.21 Å². The first-order valence-electron chi connectivity index (χ1n) is 4.99. The van der Waals surface area contributed by atoms with Crippen LogP contribution in [0.25, 0.3) is 0 Å². The van der Waals surface area contributed by atoms with Gasteiger partial charge in [-0.15, -0.1) is 0 Å². The highest BCUT2D eigenvalue weighted by Gasteiger charge is 2.01. The lowest BCUT2D eigenvalue weighted by atomic mass is 10.2. The molecule has 0 heterocycles. The Morgan fingerprint density at radius 3 is 2.79 bits per heavy atom. The van der Waals surface area contributed by atoms with Gasteiger partial charge in [0.25, 0.3) is 0 Å². The lowest BCUT2D eigenvalue weighted by molar-refractivity contribution is 0.102. The third-order valence-electron chi connectivity index (χ3n) is 2.11. The zero-order valence-electron chi connectivity index (χ0n) is 9.73. The maximum Gasteiger partial charge on any atom is 0.0555 e. The van der Waals surface area contributed by atoms with Gasteiger partial charge in [0.1, 0.15) is 0 Å². The molecule has 0 aromatic rings. The normalized spacial score (nSPS) is 14.6. The van der Waals surface area contributed by atoms with E-state index in [0.29, 0.717) is 6.10 Å². The fourth-order valence-corrected chi connectivity index (χ4v) is 0.999. The van der Waals surface area contributed by atoms with Crippen molar-refractivity contribution in [1.82, 2.24) is 4.90 Å². The molecule has 0 N–H and O–H groups in total. The van der Waals surface area contributed by atoms with Crippen LogP contribution < -0.4 is 0 Å². The minimum absolute atomic E-state index is 0.346. The lowest BCUT2D eigenvalue weighted by Gasteiger charge is -2.16. The van der Waals surface area contributed by atoms with Gasteiger partial charge in [-0.05, 0) is 26.5 Å². The predicted octanol–water partition coefficient (Wildman–Crippen LogP) is 1.60. The van der Waals surface area contributed by atoms with Crippen molar-refractivity contribution < 1.29 is 4.74 Å². The van der Waals surface area contributed by atoms with Crippen molar-refractivity contribution in [1.29, 1.82) is 0 Å². The summed E-state index contributed by atoms with van der Waals surface area (Å²) >= 11 is 0. The Bertz CT molecular complexity index is 178. The summed E-state index contributed by atoms with van der Waals surface area (Å²) in [6.07, 6.45) is 7.29. The molecule has 0 bridgehead atoms. The van der Waals surface area contributed by atoms with E-state index in [-0.39, 0.29) is 0 Å². The number of nitrogens with zero attached hydrogens (tertiary/aromatic N) is 2. The predicted molar refractivity (Wildman–Crippen MR) is 62.1 cm³/mol. The van der Waals surface area contributed by atoms with E-state index in [1.165, 1.54) is 0 Å². The molecule has 0 radical (unpaired) electrons. The van der Waals surface area contributed by atoms with Crippen LogP contribution in [0, 0.1) is 0 Å². The quantitative estimate of drug-likeness (QED) is 0.580. The maximum absolute atomic E-state index is 5.18. The van der Waals surface area contributed by atoms with E-state index in [0.717, 1.165) is 19.5 Å². The minimum atomic E-state index is 0.346. The molecule has 1 atom stereocenters. The number of aliphatic imine (C=N–C) groups is 1. The second-order valence-electron chi connectivity index (χ2n) is 3.43. The Morgan fingerprint density at radius 2 is 2.21 bits per heavy atom. The molecule has 14 heavy (non-hydrogen) atoms. The topological polar surface area (TPSA) is 24.8 Å². The zero-order chi connectivity index (χ0) is 10.8. The average molecular weight is 198 g/mol. The van der Waals surface area contributed by atoms with Gasteiger partial charge in [0, 0.05) is 33.5 Å². The maximum atomic E-state index is 5.18. The molecule has 82 valence electrons. The molecule has 0 amide bonds. The summed E-state index contributed by atoms with van der Waals surface area (Å²) in [7, 11) is 5.63. The van der Waals surface area contributed by atoms with Crippen LogP contribution in [-0.4, -0.2) is 51.5 Å². The minimum Gasteiger partial charge on any atom is -0.382 e. The second kappa shape index (κ2) is 8.91. The molecule has 0 aliphatic heterocycles. The molecule has 0 fully saturated rings. The van der Waals surface area contributed by atoms with E-state index >= 15 is 0 Å². The summed E-state index contributed by atoms with van der Waals surface area (Å²) < 4.78 is 5.18. The molecule has 3 heteroatoms. The number of rotatable bonds is 7. The second-order valence-corrected chi connectivity index (χ2v) is 3.43. The van der Waals surface area contributed by atoms with Crippen molar-refractivity contribution in [2.75, 3.05) is 34.3 Å². The van der Waals surface area contributed by atoms with Gasteiger partial charge in [-0.3, -0.25) is 4.99 Å². The molecule has 0 aliphatic rings. The van der Waals surface area contributed by atoms with Crippen LogP contribution in [0.15, 0.2) is 17.1 Å². The highest BCUT2D eigenvalue weighted by Crippen LogP contribution is 1.96. The molecule has 0 aromatic carbocycles. The van der Waals surface area contributed by atoms with Crippen molar-refractivity contribution in [2.45, 2.75) is 19.4 Å². The van der Waals surface area contributed by atoms with E-state index in [1.54, 1.807) is 20.4 Å². The smallest absolute Gasteiger partial charge is 0.0555 e. The van der Waals surface area contributed by atoms with Gasteiger partial charge in [0.2, 0.25) is 0 Å². The van der Waals surface area contributed by atoms with Gasteiger partial charge in [-0.1, -0.05) is 6.08 Å². The Labute approximate surface area is 87.5 Å². The van der Waals surface area contributed by atoms with E-state index in [9.17, 15) is 0 Å². The molecular formula is C11H22N2O. The zero-order valence-corrected chi connectivity index (χ0v) is 9.73. The Kier molecular flexibility index (Phi) is 8.48. The summed E-state index contributed by atoms with van der Waals surface area (Å²) in [6, 6.07) is 0. The SMILES string of the molecule is C/N=C\C=C\CN(C)CCC(C)OC. The summed E-state index contributed by atoms with van der Waals surface area (Å²) in [4.78, 5) is 6.13. The number of methoxy groups -OCH3 is 1. The number of hydrogen-bond donors (Lipinski definition) is 0. The van der Waals surface area contributed by atoms with Crippen molar-refractivity contribution in [2.24, 2.45) is 4.99 Å². The molecule has 0 aliphatic carbocycles. The third-order valence-corrected chi connectivity index (χ3v) is 2.11. The highest BCUT2D eigenvalue weighted by molar-refractivity contribution is 5.70. The van der Waals surface area contributed by atoms with Crippen LogP contribution in [-0.2, 0) is 4.74 Å². The van der Waals surface area contributed by atoms with Crippen LogP contribution in [0.3, 0.4) is 0 Å². The Morgan fingerprint density at radius 1 is 1.50 bits per heavy atom. The molecule has 1 unspecified atom stereocenters. The summed E-state index contributed by atoms with van der Waals surface area (Å²) in [5.74, 6) is 0. The van der Waals surface area contributed by atoms with E-state index < -0.39 is 0 Å². The van der Waals surface area contributed by atoms with Crippen LogP contribution in [0.5, 0.6) is 0 Å². The van der Waals surface area contributed by atoms with Crippen LogP contribution in [0.4, 0.5) is 0 Å². The Hall–Kier alpha value is -0.670. The largest absolute Gasteiger partial charge is 0.382 e. The fourth-order valence-electron chi connectivity index (χ4n) is 0.999. The highest BCUT2D eigenvalue weighted by atomic mass is 16.5. The van der Waals surface area contributed by atoms with Crippen LogP contribution in [0.2, 0.25) is 0 Å². The van der Waals surface area contributed by atoms with Crippen molar-refractivity contribution in [3.63, 3.8) is 0 Å². The summed E-state index contributed by atoms with van der Waals surface area (Å²) in [5, 5.41) is 0. The summed E-state index contributed by atoms with van der Waals surface area (Å²) in [6.45, 7) is 4.11. The van der Waals surface area contributed by atoms with E-state index in [2.05, 4.69) is 29.9 Å². The first-order chi connectivity index (χ1) is 6.70. The first kappa shape index (κ1) is 13.3.